The minimum absolute atomic E-state index is 0.584. The first kappa shape index (κ1) is 16.6. The van der Waals surface area contributed by atoms with Gasteiger partial charge < -0.3 is 0 Å². The molecule has 3 fully saturated rings. The van der Waals surface area contributed by atoms with Crippen LogP contribution in [0.3, 0.4) is 0 Å². The third-order valence-corrected chi connectivity index (χ3v) is 8.18. The molecule has 0 heterocycles. The van der Waals surface area contributed by atoms with E-state index in [9.17, 15) is 0 Å². The number of hydrogen-bond acceptors (Lipinski definition) is 0. The molecular formula is C22H38. The van der Waals surface area contributed by atoms with Crippen LogP contribution in [-0.4, -0.2) is 0 Å². The summed E-state index contributed by atoms with van der Waals surface area (Å²) in [5.74, 6) is 4.57. The average molecular weight is 303 g/mol. The van der Waals surface area contributed by atoms with E-state index in [1.54, 1.807) is 5.57 Å². The Morgan fingerprint density at radius 1 is 1.05 bits per heavy atom. The standard InChI is InChI=1S/C22H38/c1-5-19-12-13-21-20-11-9-7-6-8-10-18(14-16(20)2)15-17(3)22(19,21)4/h17-21H,2,5-15H2,1,3-4H3. The first-order valence-corrected chi connectivity index (χ1v) is 10.2. The Balaban J connectivity index is 1.96. The summed E-state index contributed by atoms with van der Waals surface area (Å²) in [6.07, 6.45) is 15.9. The molecule has 2 bridgehead atoms. The minimum atomic E-state index is 0.584. The molecule has 0 aromatic carbocycles. The molecule has 0 N–H and O–H groups in total. The van der Waals surface area contributed by atoms with Crippen LogP contribution in [0.2, 0.25) is 0 Å². The Labute approximate surface area is 139 Å². The molecule has 0 aliphatic heterocycles. The van der Waals surface area contributed by atoms with Gasteiger partial charge in [-0.25, -0.2) is 0 Å². The predicted molar refractivity (Wildman–Crippen MR) is 96.8 cm³/mol. The summed E-state index contributed by atoms with van der Waals surface area (Å²) in [5.41, 5.74) is 2.23. The van der Waals surface area contributed by atoms with Crippen molar-refractivity contribution in [3.63, 3.8) is 0 Å². The third kappa shape index (κ3) is 2.80. The lowest BCUT2D eigenvalue weighted by Gasteiger charge is -2.49. The van der Waals surface area contributed by atoms with Crippen LogP contribution in [0.5, 0.6) is 0 Å². The molecule has 0 spiro atoms. The number of fused-ring (bicyclic) bond motifs is 5. The van der Waals surface area contributed by atoms with Crippen LogP contribution in [0.15, 0.2) is 12.2 Å². The van der Waals surface area contributed by atoms with E-state index in [4.69, 9.17) is 0 Å². The van der Waals surface area contributed by atoms with Gasteiger partial charge in [-0.05, 0) is 67.1 Å². The maximum atomic E-state index is 4.64. The second-order valence-corrected chi connectivity index (χ2v) is 9.12. The molecule has 3 aliphatic carbocycles. The van der Waals surface area contributed by atoms with E-state index < -0.39 is 0 Å². The summed E-state index contributed by atoms with van der Waals surface area (Å²) in [5, 5.41) is 0. The smallest absolute Gasteiger partial charge is 0.0172 e. The molecule has 0 radical (unpaired) electrons. The van der Waals surface area contributed by atoms with Gasteiger partial charge in [-0.2, -0.15) is 0 Å². The fraction of sp³-hybridized carbons (Fsp3) is 0.909. The first-order chi connectivity index (χ1) is 10.6. The summed E-state index contributed by atoms with van der Waals surface area (Å²) in [6, 6.07) is 0. The van der Waals surface area contributed by atoms with Gasteiger partial charge in [0.05, 0.1) is 0 Å². The maximum Gasteiger partial charge on any atom is -0.0172 e. The minimum Gasteiger partial charge on any atom is -0.0996 e. The zero-order chi connectivity index (χ0) is 15.7. The number of hydrogen-bond donors (Lipinski definition) is 0. The molecule has 6 atom stereocenters. The van der Waals surface area contributed by atoms with Crippen LogP contribution in [0, 0.1) is 35.0 Å². The highest BCUT2D eigenvalue weighted by atomic mass is 14.6. The lowest BCUT2D eigenvalue weighted by Crippen LogP contribution is -2.42. The zero-order valence-electron chi connectivity index (χ0n) is 15.4. The van der Waals surface area contributed by atoms with E-state index in [0.717, 1.165) is 29.6 Å². The molecule has 126 valence electrons. The van der Waals surface area contributed by atoms with Crippen molar-refractivity contribution in [3.05, 3.63) is 12.2 Å². The van der Waals surface area contributed by atoms with Crippen molar-refractivity contribution in [2.75, 3.05) is 0 Å². The van der Waals surface area contributed by atoms with E-state index in [1.807, 2.05) is 0 Å². The average Bonchev–Trinajstić information content (AvgIpc) is 2.82. The number of rotatable bonds is 1. The van der Waals surface area contributed by atoms with Gasteiger partial charge in [-0.1, -0.05) is 71.4 Å². The molecule has 0 heteroatoms. The van der Waals surface area contributed by atoms with Crippen molar-refractivity contribution in [2.45, 2.75) is 91.4 Å². The molecular weight excluding hydrogens is 264 g/mol. The quantitative estimate of drug-likeness (QED) is 0.457. The molecule has 3 rings (SSSR count). The van der Waals surface area contributed by atoms with Gasteiger partial charge in [-0.3, -0.25) is 0 Å². The van der Waals surface area contributed by atoms with Crippen molar-refractivity contribution in [1.29, 1.82) is 0 Å². The van der Waals surface area contributed by atoms with Crippen LogP contribution in [-0.2, 0) is 0 Å². The third-order valence-electron chi connectivity index (χ3n) is 8.18. The summed E-state index contributed by atoms with van der Waals surface area (Å²) in [4.78, 5) is 0. The van der Waals surface area contributed by atoms with Gasteiger partial charge in [-0.15, -0.1) is 0 Å². The Bertz CT molecular complexity index is 395. The normalized spacial score (nSPS) is 46.9. The lowest BCUT2D eigenvalue weighted by molar-refractivity contribution is 0.0214. The maximum absolute atomic E-state index is 4.64. The molecule has 0 aromatic heterocycles. The van der Waals surface area contributed by atoms with Gasteiger partial charge in [0.15, 0.2) is 0 Å². The molecule has 6 unspecified atom stereocenters. The van der Waals surface area contributed by atoms with E-state index in [2.05, 4.69) is 27.4 Å². The van der Waals surface area contributed by atoms with Crippen molar-refractivity contribution >= 4 is 0 Å². The highest BCUT2D eigenvalue weighted by Crippen LogP contribution is 2.61. The van der Waals surface area contributed by atoms with Crippen LogP contribution < -0.4 is 0 Å². The molecule has 0 amide bonds. The summed E-state index contributed by atoms with van der Waals surface area (Å²) in [7, 11) is 0. The molecule has 3 saturated carbocycles. The first-order valence-electron chi connectivity index (χ1n) is 10.2. The van der Waals surface area contributed by atoms with E-state index >= 15 is 0 Å². The molecule has 3 aliphatic rings. The topological polar surface area (TPSA) is 0 Å². The lowest BCUT2D eigenvalue weighted by atomic mass is 9.56. The monoisotopic (exact) mass is 302 g/mol. The van der Waals surface area contributed by atoms with Gasteiger partial charge in [0.1, 0.15) is 0 Å². The molecule has 22 heavy (non-hydrogen) atoms. The van der Waals surface area contributed by atoms with Crippen molar-refractivity contribution in [1.82, 2.24) is 0 Å². The zero-order valence-corrected chi connectivity index (χ0v) is 15.4. The number of allylic oxidation sites excluding steroid dienone is 1. The summed E-state index contributed by atoms with van der Waals surface area (Å²) >= 11 is 0. The van der Waals surface area contributed by atoms with Gasteiger partial charge in [0.2, 0.25) is 0 Å². The van der Waals surface area contributed by atoms with Crippen LogP contribution in [0.4, 0.5) is 0 Å². The Hall–Kier alpha value is -0.260. The fourth-order valence-electron chi connectivity index (χ4n) is 6.77. The SMILES string of the molecule is C=C1CC2CCCCCCC1C1CCC(CC)C1(C)C(C)C2. The van der Waals surface area contributed by atoms with E-state index in [-0.39, 0.29) is 0 Å². The van der Waals surface area contributed by atoms with Crippen LogP contribution in [0.1, 0.15) is 91.4 Å². The van der Waals surface area contributed by atoms with Gasteiger partial charge >= 0.3 is 0 Å². The summed E-state index contributed by atoms with van der Waals surface area (Å²) in [6.45, 7) is 12.4. The Morgan fingerprint density at radius 2 is 1.77 bits per heavy atom. The van der Waals surface area contributed by atoms with Crippen molar-refractivity contribution in [3.8, 4) is 0 Å². The second-order valence-electron chi connectivity index (χ2n) is 9.12. The second kappa shape index (κ2) is 6.70. The van der Waals surface area contributed by atoms with Gasteiger partial charge in [0.25, 0.3) is 0 Å². The molecule has 0 saturated heterocycles. The van der Waals surface area contributed by atoms with Crippen LogP contribution in [0.25, 0.3) is 0 Å². The Morgan fingerprint density at radius 3 is 2.50 bits per heavy atom. The van der Waals surface area contributed by atoms with Crippen LogP contribution >= 0.6 is 0 Å². The molecule has 0 nitrogen and oxygen atoms in total. The largest absolute Gasteiger partial charge is 0.0996 e. The van der Waals surface area contributed by atoms with Gasteiger partial charge in [0, 0.05) is 0 Å². The van der Waals surface area contributed by atoms with E-state index in [1.165, 1.54) is 70.6 Å². The highest BCUT2D eigenvalue weighted by Gasteiger charge is 2.52. The van der Waals surface area contributed by atoms with Crippen molar-refractivity contribution < 1.29 is 0 Å². The molecule has 0 aromatic rings. The predicted octanol–water partition coefficient (Wildman–Crippen LogP) is 7.00. The van der Waals surface area contributed by atoms with E-state index in [0.29, 0.717) is 5.41 Å². The Kier molecular flexibility index (Phi) is 5.05. The van der Waals surface area contributed by atoms with Crippen molar-refractivity contribution in [2.24, 2.45) is 35.0 Å². The highest BCUT2D eigenvalue weighted by molar-refractivity contribution is 5.13. The summed E-state index contributed by atoms with van der Waals surface area (Å²) < 4.78 is 0. The fourth-order valence-corrected chi connectivity index (χ4v) is 6.77.